The lowest BCUT2D eigenvalue weighted by atomic mass is 10.1. The predicted molar refractivity (Wildman–Crippen MR) is 73.5 cm³/mol. The van der Waals surface area contributed by atoms with Gasteiger partial charge in [0.25, 0.3) is 0 Å². The van der Waals surface area contributed by atoms with Gasteiger partial charge in [-0.25, -0.2) is 0 Å². The molecule has 0 spiro atoms. The standard InChI is InChI=1S/C16H17N/c1-2-10-17-16-9-5-8-14-13-7-4-3-6-12(13)11-15(14)16/h3-9,17H,2,10-11H2,1H3. The topological polar surface area (TPSA) is 12.0 Å². The van der Waals surface area contributed by atoms with Gasteiger partial charge in [0.15, 0.2) is 0 Å². The second kappa shape index (κ2) is 4.25. The number of fused-ring (bicyclic) bond motifs is 3. The molecule has 0 saturated carbocycles. The van der Waals surface area contributed by atoms with E-state index in [1.807, 2.05) is 0 Å². The van der Waals surface area contributed by atoms with E-state index in [0.717, 1.165) is 19.4 Å². The van der Waals surface area contributed by atoms with Crippen LogP contribution in [0.5, 0.6) is 0 Å². The minimum atomic E-state index is 1.05. The summed E-state index contributed by atoms with van der Waals surface area (Å²) in [6, 6.07) is 15.3. The Morgan fingerprint density at radius 1 is 1.00 bits per heavy atom. The zero-order chi connectivity index (χ0) is 11.7. The zero-order valence-corrected chi connectivity index (χ0v) is 10.2. The molecule has 1 aliphatic carbocycles. The smallest absolute Gasteiger partial charge is 0.0382 e. The fourth-order valence-electron chi connectivity index (χ4n) is 2.58. The molecule has 0 atom stereocenters. The van der Waals surface area contributed by atoms with Gasteiger partial charge in [-0.05, 0) is 34.7 Å². The number of benzene rings is 2. The van der Waals surface area contributed by atoms with Crippen LogP contribution in [0.2, 0.25) is 0 Å². The Morgan fingerprint density at radius 3 is 2.71 bits per heavy atom. The van der Waals surface area contributed by atoms with Gasteiger partial charge in [-0.15, -0.1) is 0 Å². The molecule has 0 saturated heterocycles. The first-order valence-corrected chi connectivity index (χ1v) is 6.34. The Hall–Kier alpha value is -1.76. The van der Waals surface area contributed by atoms with Gasteiger partial charge >= 0.3 is 0 Å². The molecule has 1 heteroatoms. The second-order valence-corrected chi connectivity index (χ2v) is 4.59. The maximum absolute atomic E-state index is 3.53. The van der Waals surface area contributed by atoms with Crippen molar-refractivity contribution in [1.29, 1.82) is 0 Å². The Balaban J connectivity index is 2.05. The first-order chi connectivity index (χ1) is 8.40. The molecule has 1 aliphatic rings. The van der Waals surface area contributed by atoms with Gasteiger partial charge in [0, 0.05) is 18.7 Å². The van der Waals surface area contributed by atoms with Crippen LogP contribution in [-0.2, 0) is 6.42 Å². The van der Waals surface area contributed by atoms with Crippen molar-refractivity contribution in [2.45, 2.75) is 19.8 Å². The van der Waals surface area contributed by atoms with Gasteiger partial charge in [-0.1, -0.05) is 43.3 Å². The van der Waals surface area contributed by atoms with Crippen LogP contribution in [0.4, 0.5) is 5.69 Å². The summed E-state index contributed by atoms with van der Waals surface area (Å²) in [6.45, 7) is 3.25. The van der Waals surface area contributed by atoms with Crippen molar-refractivity contribution in [2.24, 2.45) is 0 Å². The summed E-state index contributed by atoms with van der Waals surface area (Å²) in [7, 11) is 0. The van der Waals surface area contributed by atoms with Crippen LogP contribution >= 0.6 is 0 Å². The highest BCUT2D eigenvalue weighted by atomic mass is 14.9. The van der Waals surface area contributed by atoms with Crippen molar-refractivity contribution in [3.8, 4) is 11.1 Å². The molecule has 1 N–H and O–H groups in total. The van der Waals surface area contributed by atoms with E-state index in [4.69, 9.17) is 0 Å². The van der Waals surface area contributed by atoms with Crippen LogP contribution in [0.3, 0.4) is 0 Å². The van der Waals surface area contributed by atoms with E-state index in [0.29, 0.717) is 0 Å². The summed E-state index contributed by atoms with van der Waals surface area (Å²) < 4.78 is 0. The first-order valence-electron chi connectivity index (χ1n) is 6.34. The normalized spacial score (nSPS) is 12.1. The summed E-state index contributed by atoms with van der Waals surface area (Å²) in [6.07, 6.45) is 2.23. The summed E-state index contributed by atoms with van der Waals surface area (Å²) in [5.74, 6) is 0. The summed E-state index contributed by atoms with van der Waals surface area (Å²) in [5, 5.41) is 3.53. The van der Waals surface area contributed by atoms with E-state index in [1.54, 1.807) is 0 Å². The molecule has 0 amide bonds. The lowest BCUT2D eigenvalue weighted by molar-refractivity contribution is 0.976. The van der Waals surface area contributed by atoms with Crippen molar-refractivity contribution in [3.05, 3.63) is 53.6 Å². The lowest BCUT2D eigenvalue weighted by Crippen LogP contribution is -2.02. The molecule has 17 heavy (non-hydrogen) atoms. The van der Waals surface area contributed by atoms with Gasteiger partial charge in [-0.2, -0.15) is 0 Å². The van der Waals surface area contributed by atoms with Crippen molar-refractivity contribution in [2.75, 3.05) is 11.9 Å². The van der Waals surface area contributed by atoms with Crippen LogP contribution in [0, 0.1) is 0 Å². The van der Waals surface area contributed by atoms with Crippen LogP contribution < -0.4 is 5.32 Å². The molecule has 2 aromatic carbocycles. The molecule has 0 heterocycles. The van der Waals surface area contributed by atoms with Gasteiger partial charge in [-0.3, -0.25) is 0 Å². The van der Waals surface area contributed by atoms with Crippen LogP contribution in [0.1, 0.15) is 24.5 Å². The number of anilines is 1. The van der Waals surface area contributed by atoms with Gasteiger partial charge in [0.05, 0.1) is 0 Å². The summed E-state index contributed by atoms with van der Waals surface area (Å²) >= 11 is 0. The van der Waals surface area contributed by atoms with Gasteiger partial charge in [0.1, 0.15) is 0 Å². The zero-order valence-electron chi connectivity index (χ0n) is 10.2. The van der Waals surface area contributed by atoms with E-state index < -0.39 is 0 Å². The Bertz CT molecular complexity index is 543. The molecule has 0 bridgehead atoms. The molecule has 0 unspecified atom stereocenters. The fourth-order valence-corrected chi connectivity index (χ4v) is 2.58. The van der Waals surface area contributed by atoms with Crippen LogP contribution in [-0.4, -0.2) is 6.54 Å². The molecule has 2 aromatic rings. The van der Waals surface area contributed by atoms with Crippen LogP contribution in [0.25, 0.3) is 11.1 Å². The maximum atomic E-state index is 3.53. The van der Waals surface area contributed by atoms with Gasteiger partial charge in [0.2, 0.25) is 0 Å². The molecule has 1 nitrogen and oxygen atoms in total. The highest BCUT2D eigenvalue weighted by molar-refractivity contribution is 5.81. The third-order valence-electron chi connectivity index (χ3n) is 3.42. The third kappa shape index (κ3) is 1.72. The van der Waals surface area contributed by atoms with E-state index in [-0.39, 0.29) is 0 Å². The number of hydrogen-bond acceptors (Lipinski definition) is 1. The number of rotatable bonds is 3. The number of nitrogens with one attached hydrogen (secondary N) is 1. The highest BCUT2D eigenvalue weighted by Gasteiger charge is 2.19. The van der Waals surface area contributed by atoms with Crippen LogP contribution in [0.15, 0.2) is 42.5 Å². The average molecular weight is 223 g/mol. The molecule has 0 aliphatic heterocycles. The monoisotopic (exact) mass is 223 g/mol. The molecular formula is C16H17N. The van der Waals surface area contributed by atoms with E-state index >= 15 is 0 Å². The molecule has 86 valence electrons. The minimum Gasteiger partial charge on any atom is -0.385 e. The summed E-state index contributed by atoms with van der Waals surface area (Å²) in [5.41, 5.74) is 7.03. The average Bonchev–Trinajstić information content (AvgIpc) is 2.75. The van der Waals surface area contributed by atoms with Crippen molar-refractivity contribution < 1.29 is 0 Å². The van der Waals surface area contributed by atoms with E-state index in [9.17, 15) is 0 Å². The van der Waals surface area contributed by atoms with Crippen molar-refractivity contribution >= 4 is 5.69 Å². The molecule has 0 fully saturated rings. The first kappa shape index (κ1) is 10.4. The van der Waals surface area contributed by atoms with E-state index in [1.165, 1.54) is 27.9 Å². The maximum Gasteiger partial charge on any atom is 0.0382 e. The predicted octanol–water partition coefficient (Wildman–Crippen LogP) is 4.08. The van der Waals surface area contributed by atoms with Crippen molar-refractivity contribution in [3.63, 3.8) is 0 Å². The lowest BCUT2D eigenvalue weighted by Gasteiger charge is -2.10. The Morgan fingerprint density at radius 2 is 1.82 bits per heavy atom. The largest absolute Gasteiger partial charge is 0.385 e. The molecular weight excluding hydrogens is 206 g/mol. The summed E-state index contributed by atoms with van der Waals surface area (Å²) in [4.78, 5) is 0. The molecule has 3 rings (SSSR count). The fraction of sp³-hybridized carbons (Fsp3) is 0.250. The second-order valence-electron chi connectivity index (χ2n) is 4.59. The Labute approximate surface area is 102 Å². The molecule has 0 aromatic heterocycles. The van der Waals surface area contributed by atoms with E-state index in [2.05, 4.69) is 54.7 Å². The quantitative estimate of drug-likeness (QED) is 0.705. The van der Waals surface area contributed by atoms with Crippen molar-refractivity contribution in [1.82, 2.24) is 0 Å². The number of hydrogen-bond donors (Lipinski definition) is 1. The third-order valence-corrected chi connectivity index (χ3v) is 3.42. The molecule has 0 radical (unpaired) electrons. The minimum absolute atomic E-state index is 1.05. The highest BCUT2D eigenvalue weighted by Crippen LogP contribution is 2.39. The Kier molecular flexibility index (Phi) is 2.60. The van der Waals surface area contributed by atoms with Gasteiger partial charge < -0.3 is 5.32 Å². The SMILES string of the molecule is CCCNc1cccc2c1Cc1ccccc1-2.